The lowest BCUT2D eigenvalue weighted by atomic mass is 10.0. The molecule has 0 aromatic heterocycles. The van der Waals surface area contributed by atoms with Crippen LogP contribution in [0.4, 0.5) is 0 Å². The van der Waals surface area contributed by atoms with E-state index in [9.17, 15) is 0 Å². The number of nitrogens with two attached hydrogens (primary N) is 1. The fourth-order valence-electron chi connectivity index (χ4n) is 1.66. The maximum Gasteiger partial charge on any atom is 0.124 e. The Balaban J connectivity index is 2.92. The van der Waals surface area contributed by atoms with E-state index in [1.807, 2.05) is 12.1 Å². The van der Waals surface area contributed by atoms with E-state index in [1.54, 1.807) is 20.3 Å². The highest BCUT2D eigenvalue weighted by Gasteiger charge is 2.15. The molecule has 0 spiro atoms. The highest BCUT2D eigenvalue weighted by Crippen LogP contribution is 2.32. The molecule has 0 aliphatic rings. The number of methoxy groups -OCH3 is 2. The normalized spacial score (nSPS) is 12.5. The molecule has 1 aromatic carbocycles. The molecular formula is C12H18ClNO2. The zero-order valence-electron chi connectivity index (χ0n) is 9.70. The second kappa shape index (κ2) is 6.74. The van der Waals surface area contributed by atoms with E-state index in [1.165, 1.54) is 0 Å². The topological polar surface area (TPSA) is 44.5 Å². The second-order valence-electron chi connectivity index (χ2n) is 3.54. The van der Waals surface area contributed by atoms with Crippen molar-refractivity contribution in [1.82, 2.24) is 0 Å². The first-order valence-electron chi connectivity index (χ1n) is 5.29. The molecule has 1 rings (SSSR count). The summed E-state index contributed by atoms with van der Waals surface area (Å²) in [5.41, 5.74) is 6.47. The molecule has 0 bridgehead atoms. The van der Waals surface area contributed by atoms with E-state index in [0.717, 1.165) is 24.2 Å². The summed E-state index contributed by atoms with van der Waals surface area (Å²) in [5, 5.41) is 0.686. The molecule has 16 heavy (non-hydrogen) atoms. The van der Waals surface area contributed by atoms with Crippen LogP contribution in [0.5, 0.6) is 5.75 Å². The minimum atomic E-state index is -0.0165. The van der Waals surface area contributed by atoms with Crippen LogP contribution in [-0.4, -0.2) is 20.8 Å². The zero-order valence-corrected chi connectivity index (χ0v) is 10.5. The molecule has 1 aromatic rings. The van der Waals surface area contributed by atoms with E-state index in [4.69, 9.17) is 26.8 Å². The van der Waals surface area contributed by atoms with E-state index in [0.29, 0.717) is 11.6 Å². The molecule has 2 N–H and O–H groups in total. The van der Waals surface area contributed by atoms with Gasteiger partial charge >= 0.3 is 0 Å². The summed E-state index contributed by atoms with van der Waals surface area (Å²) < 4.78 is 10.7. The average molecular weight is 244 g/mol. The fourth-order valence-corrected chi connectivity index (χ4v) is 1.84. The van der Waals surface area contributed by atoms with E-state index < -0.39 is 0 Å². The molecule has 4 heteroatoms. The number of ether oxygens (including phenoxy) is 2. The van der Waals surface area contributed by atoms with Crippen LogP contribution in [0.1, 0.15) is 24.5 Å². The Morgan fingerprint density at radius 2 is 2.12 bits per heavy atom. The minimum Gasteiger partial charge on any atom is -0.496 e. The van der Waals surface area contributed by atoms with Crippen LogP contribution >= 0.6 is 11.6 Å². The summed E-state index contributed by atoms with van der Waals surface area (Å²) in [4.78, 5) is 0. The van der Waals surface area contributed by atoms with Gasteiger partial charge in [0.05, 0.1) is 13.2 Å². The maximum absolute atomic E-state index is 5.97. The summed E-state index contributed by atoms with van der Waals surface area (Å²) >= 11 is 5.97. The highest BCUT2D eigenvalue weighted by atomic mass is 35.5. The number of benzene rings is 1. The van der Waals surface area contributed by atoms with E-state index in [-0.39, 0.29) is 6.10 Å². The average Bonchev–Trinajstić information content (AvgIpc) is 2.30. The lowest BCUT2D eigenvalue weighted by molar-refractivity contribution is 0.0920. The van der Waals surface area contributed by atoms with Crippen LogP contribution in [-0.2, 0) is 4.74 Å². The smallest absolute Gasteiger partial charge is 0.124 e. The highest BCUT2D eigenvalue weighted by molar-refractivity contribution is 6.30. The van der Waals surface area contributed by atoms with Gasteiger partial charge in [-0.3, -0.25) is 0 Å². The van der Waals surface area contributed by atoms with Gasteiger partial charge in [0, 0.05) is 17.7 Å². The van der Waals surface area contributed by atoms with Crippen LogP contribution in [0, 0.1) is 0 Å². The van der Waals surface area contributed by atoms with Crippen LogP contribution in [0.3, 0.4) is 0 Å². The van der Waals surface area contributed by atoms with Crippen molar-refractivity contribution in [2.45, 2.75) is 18.9 Å². The van der Waals surface area contributed by atoms with Crippen molar-refractivity contribution >= 4 is 11.6 Å². The molecule has 1 atom stereocenters. The van der Waals surface area contributed by atoms with Crippen LogP contribution < -0.4 is 10.5 Å². The summed E-state index contributed by atoms with van der Waals surface area (Å²) in [5.74, 6) is 0.799. The summed E-state index contributed by atoms with van der Waals surface area (Å²) in [6, 6.07) is 5.54. The quantitative estimate of drug-likeness (QED) is 0.836. The van der Waals surface area contributed by atoms with Gasteiger partial charge in [0.2, 0.25) is 0 Å². The van der Waals surface area contributed by atoms with E-state index in [2.05, 4.69) is 0 Å². The Kier molecular flexibility index (Phi) is 5.60. The molecule has 90 valence electrons. The fraction of sp³-hybridized carbons (Fsp3) is 0.500. The first-order chi connectivity index (χ1) is 7.72. The molecule has 0 amide bonds. The van der Waals surface area contributed by atoms with Crippen molar-refractivity contribution in [1.29, 1.82) is 0 Å². The standard InChI is InChI=1S/C12H18ClNO2/c1-15-11(4-3-7-14)10-8-9(13)5-6-12(10)16-2/h5-6,8,11H,3-4,7,14H2,1-2H3. The first kappa shape index (κ1) is 13.3. The van der Waals surface area contributed by atoms with Crippen LogP contribution in [0.2, 0.25) is 5.02 Å². The molecule has 0 saturated carbocycles. The zero-order chi connectivity index (χ0) is 12.0. The van der Waals surface area contributed by atoms with Crippen molar-refractivity contribution in [3.63, 3.8) is 0 Å². The van der Waals surface area contributed by atoms with Gasteiger partial charge in [-0.2, -0.15) is 0 Å². The van der Waals surface area contributed by atoms with Crippen molar-refractivity contribution in [3.8, 4) is 5.75 Å². The molecule has 3 nitrogen and oxygen atoms in total. The lowest BCUT2D eigenvalue weighted by Crippen LogP contribution is -2.07. The van der Waals surface area contributed by atoms with Gasteiger partial charge in [-0.1, -0.05) is 11.6 Å². The third kappa shape index (κ3) is 3.37. The summed E-state index contributed by atoms with van der Waals surface area (Å²) in [7, 11) is 3.32. The molecule has 0 fully saturated rings. The van der Waals surface area contributed by atoms with Gasteiger partial charge in [-0.15, -0.1) is 0 Å². The molecule has 1 unspecified atom stereocenters. The molecule has 0 heterocycles. The minimum absolute atomic E-state index is 0.0165. The number of halogens is 1. The Morgan fingerprint density at radius 1 is 1.38 bits per heavy atom. The van der Waals surface area contributed by atoms with Gasteiger partial charge in [0.1, 0.15) is 5.75 Å². The van der Waals surface area contributed by atoms with Gasteiger partial charge in [0.15, 0.2) is 0 Å². The molecule has 0 aliphatic carbocycles. The SMILES string of the molecule is COc1ccc(Cl)cc1C(CCCN)OC. The molecule has 0 radical (unpaired) electrons. The summed E-state index contributed by atoms with van der Waals surface area (Å²) in [6.07, 6.45) is 1.76. The third-order valence-corrected chi connectivity index (χ3v) is 2.73. The molecular weight excluding hydrogens is 226 g/mol. The Bertz CT molecular complexity index is 331. The Morgan fingerprint density at radius 3 is 2.69 bits per heavy atom. The number of hydrogen-bond acceptors (Lipinski definition) is 3. The Hall–Kier alpha value is -0.770. The molecule has 0 aliphatic heterocycles. The first-order valence-corrected chi connectivity index (χ1v) is 5.67. The largest absolute Gasteiger partial charge is 0.496 e. The number of hydrogen-bond donors (Lipinski definition) is 1. The monoisotopic (exact) mass is 243 g/mol. The lowest BCUT2D eigenvalue weighted by Gasteiger charge is -2.18. The summed E-state index contributed by atoms with van der Waals surface area (Å²) in [6.45, 7) is 0.655. The van der Waals surface area contributed by atoms with Crippen molar-refractivity contribution in [2.75, 3.05) is 20.8 Å². The van der Waals surface area contributed by atoms with Gasteiger partial charge in [-0.25, -0.2) is 0 Å². The Labute approximate surface area is 101 Å². The van der Waals surface area contributed by atoms with Crippen LogP contribution in [0.25, 0.3) is 0 Å². The van der Waals surface area contributed by atoms with E-state index >= 15 is 0 Å². The second-order valence-corrected chi connectivity index (χ2v) is 3.98. The van der Waals surface area contributed by atoms with Gasteiger partial charge < -0.3 is 15.2 Å². The van der Waals surface area contributed by atoms with Crippen molar-refractivity contribution in [2.24, 2.45) is 5.73 Å². The van der Waals surface area contributed by atoms with Crippen LogP contribution in [0.15, 0.2) is 18.2 Å². The van der Waals surface area contributed by atoms with Gasteiger partial charge in [-0.05, 0) is 37.6 Å². The maximum atomic E-state index is 5.97. The van der Waals surface area contributed by atoms with Gasteiger partial charge in [0.25, 0.3) is 0 Å². The number of rotatable bonds is 6. The third-order valence-electron chi connectivity index (χ3n) is 2.49. The van der Waals surface area contributed by atoms with Crippen molar-refractivity contribution < 1.29 is 9.47 Å². The van der Waals surface area contributed by atoms with Crippen molar-refractivity contribution in [3.05, 3.63) is 28.8 Å². The molecule has 0 saturated heterocycles. The predicted octanol–water partition coefficient (Wildman–Crippen LogP) is 2.78. The predicted molar refractivity (Wildman–Crippen MR) is 66.0 cm³/mol.